The highest BCUT2D eigenvalue weighted by Gasteiger charge is 2.35. The number of allylic oxidation sites excluding steroid dienone is 3. The van der Waals surface area contributed by atoms with Gasteiger partial charge in [0, 0.05) is 5.57 Å². The van der Waals surface area contributed by atoms with Gasteiger partial charge in [0.2, 0.25) is 0 Å². The molecule has 0 saturated heterocycles. The van der Waals surface area contributed by atoms with E-state index in [1.54, 1.807) is 6.08 Å². The van der Waals surface area contributed by atoms with Gasteiger partial charge in [-0.15, -0.1) is 0 Å². The summed E-state index contributed by atoms with van der Waals surface area (Å²) in [6.07, 6.45) is 3.48. The third-order valence-electron chi connectivity index (χ3n) is 4.58. The highest BCUT2D eigenvalue weighted by atomic mass is 16.5. The van der Waals surface area contributed by atoms with Crippen LogP contribution in [0.4, 0.5) is 0 Å². The molecule has 4 nitrogen and oxygen atoms in total. The number of carboxylic acid groups (broad SMARTS) is 1. The van der Waals surface area contributed by atoms with Crippen LogP contribution in [-0.4, -0.2) is 16.9 Å². The lowest BCUT2D eigenvalue weighted by Gasteiger charge is -2.31. The van der Waals surface area contributed by atoms with Crippen LogP contribution in [0.15, 0.2) is 29.6 Å². The molecule has 114 valence electrons. The zero-order valence-electron chi connectivity index (χ0n) is 12.9. The summed E-state index contributed by atoms with van der Waals surface area (Å²) in [7, 11) is 0. The van der Waals surface area contributed by atoms with Crippen molar-refractivity contribution in [2.24, 2.45) is 5.92 Å². The van der Waals surface area contributed by atoms with Crippen LogP contribution in [0.5, 0.6) is 5.75 Å². The minimum atomic E-state index is -0.925. The molecule has 1 unspecified atom stereocenters. The Morgan fingerprint density at radius 3 is 2.68 bits per heavy atom. The first-order chi connectivity index (χ1) is 10.4. The van der Waals surface area contributed by atoms with Gasteiger partial charge in [0.25, 0.3) is 0 Å². The van der Waals surface area contributed by atoms with Crippen LogP contribution < -0.4 is 4.74 Å². The number of fused-ring (bicyclic) bond motifs is 2. The van der Waals surface area contributed by atoms with E-state index in [-0.39, 0.29) is 12.2 Å². The quantitative estimate of drug-likeness (QED) is 0.911. The normalized spacial score (nSPS) is 19.6. The van der Waals surface area contributed by atoms with Gasteiger partial charge in [-0.3, -0.25) is 9.59 Å². The summed E-state index contributed by atoms with van der Waals surface area (Å²) in [6, 6.07) is 2.07. The van der Waals surface area contributed by atoms with E-state index in [0.717, 1.165) is 22.4 Å². The number of ketones is 1. The number of hydrogen-bond acceptors (Lipinski definition) is 3. The molecule has 1 aromatic rings. The first-order valence-electron chi connectivity index (χ1n) is 7.32. The average molecular weight is 298 g/mol. The van der Waals surface area contributed by atoms with Gasteiger partial charge >= 0.3 is 5.97 Å². The molecule has 0 spiro atoms. The van der Waals surface area contributed by atoms with Gasteiger partial charge in [0.05, 0.1) is 12.3 Å². The van der Waals surface area contributed by atoms with Crippen molar-refractivity contribution in [3.63, 3.8) is 0 Å². The number of hydrogen-bond donors (Lipinski definition) is 1. The molecule has 0 radical (unpaired) electrons. The number of aliphatic carboxylic acids is 1. The van der Waals surface area contributed by atoms with Gasteiger partial charge in [-0.1, -0.05) is 12.1 Å². The summed E-state index contributed by atoms with van der Waals surface area (Å²) in [5.41, 5.74) is 5.00. The van der Waals surface area contributed by atoms with Crippen LogP contribution in [0.3, 0.4) is 0 Å². The number of aryl methyl sites for hydroxylation is 1. The molecule has 0 aromatic heterocycles. The summed E-state index contributed by atoms with van der Waals surface area (Å²) in [5.74, 6) is -0.0560. The Morgan fingerprint density at radius 1 is 1.27 bits per heavy atom. The topological polar surface area (TPSA) is 63.6 Å². The molecule has 1 N–H and O–H groups in total. The number of rotatable bonds is 2. The highest BCUT2D eigenvalue weighted by Crippen LogP contribution is 2.41. The maximum absolute atomic E-state index is 12.2. The Labute approximate surface area is 129 Å². The molecule has 3 rings (SSSR count). The van der Waals surface area contributed by atoms with Crippen molar-refractivity contribution in [2.45, 2.75) is 33.6 Å². The van der Waals surface area contributed by atoms with E-state index >= 15 is 0 Å². The van der Waals surface area contributed by atoms with Crippen molar-refractivity contribution >= 4 is 11.8 Å². The fourth-order valence-corrected chi connectivity index (χ4v) is 3.14. The van der Waals surface area contributed by atoms with E-state index in [1.807, 2.05) is 20.8 Å². The lowest BCUT2D eigenvalue weighted by atomic mass is 9.82. The third-order valence-corrected chi connectivity index (χ3v) is 4.58. The molecule has 1 heterocycles. The van der Waals surface area contributed by atoms with Crippen molar-refractivity contribution in [2.75, 3.05) is 0 Å². The van der Waals surface area contributed by atoms with E-state index in [4.69, 9.17) is 9.84 Å². The molecule has 4 heteroatoms. The molecule has 1 atom stereocenters. The minimum Gasteiger partial charge on any atom is -0.481 e. The first-order valence-corrected chi connectivity index (χ1v) is 7.32. The molecule has 2 aliphatic rings. The fraction of sp³-hybridized carbons (Fsp3) is 0.333. The molecule has 1 aliphatic carbocycles. The number of carbonyl (C=O) groups is 2. The zero-order valence-corrected chi connectivity index (χ0v) is 12.9. The van der Waals surface area contributed by atoms with E-state index in [9.17, 15) is 9.59 Å². The van der Waals surface area contributed by atoms with Gasteiger partial charge < -0.3 is 9.84 Å². The molecule has 0 amide bonds. The monoisotopic (exact) mass is 298 g/mol. The Balaban J connectivity index is 2.13. The van der Waals surface area contributed by atoms with Crippen molar-refractivity contribution in [3.05, 3.63) is 51.8 Å². The van der Waals surface area contributed by atoms with Crippen LogP contribution in [0.1, 0.15) is 28.7 Å². The number of carboxylic acids is 1. The lowest BCUT2D eigenvalue weighted by molar-refractivity contribution is -0.136. The Hall–Kier alpha value is -2.36. The summed E-state index contributed by atoms with van der Waals surface area (Å²) in [4.78, 5) is 23.2. The van der Waals surface area contributed by atoms with E-state index in [0.29, 0.717) is 17.8 Å². The highest BCUT2D eigenvalue weighted by molar-refractivity contribution is 5.96. The Kier molecular flexibility index (Phi) is 3.39. The fourth-order valence-electron chi connectivity index (χ4n) is 3.14. The van der Waals surface area contributed by atoms with Crippen LogP contribution in [0.2, 0.25) is 0 Å². The van der Waals surface area contributed by atoms with Crippen LogP contribution in [-0.2, 0) is 16.0 Å². The number of carbonyl (C=O) groups excluding carboxylic acids is 1. The van der Waals surface area contributed by atoms with E-state index < -0.39 is 11.9 Å². The largest absolute Gasteiger partial charge is 0.481 e. The smallest absolute Gasteiger partial charge is 0.307 e. The maximum atomic E-state index is 12.2. The maximum Gasteiger partial charge on any atom is 0.307 e. The standard InChI is InChI=1S/C18H18O4/c1-9-6-13-7-14-15(19)5-4-12(8-16(20)21)18(14)22-17(13)11(3)10(9)2/h4-6,14H,7-8H2,1-3H3,(H,20,21). The molecule has 0 bridgehead atoms. The predicted octanol–water partition coefficient (Wildman–Crippen LogP) is 3.03. The molecule has 1 aliphatic heterocycles. The van der Waals surface area contributed by atoms with Crippen molar-refractivity contribution in [1.29, 1.82) is 0 Å². The van der Waals surface area contributed by atoms with Crippen molar-refractivity contribution in [1.82, 2.24) is 0 Å². The SMILES string of the molecule is Cc1cc2c(c(C)c1C)OC1=C(CC(=O)O)C=CC(=O)C1C2. The second-order valence-corrected chi connectivity index (χ2v) is 5.99. The van der Waals surface area contributed by atoms with Crippen molar-refractivity contribution < 1.29 is 19.4 Å². The second kappa shape index (κ2) is 5.13. The molecular weight excluding hydrogens is 280 g/mol. The predicted molar refractivity (Wildman–Crippen MR) is 81.9 cm³/mol. The summed E-state index contributed by atoms with van der Waals surface area (Å²) >= 11 is 0. The first kappa shape index (κ1) is 14.6. The molecule has 1 aromatic carbocycles. The molecule has 22 heavy (non-hydrogen) atoms. The van der Waals surface area contributed by atoms with Gasteiger partial charge in [-0.05, 0) is 55.5 Å². The van der Waals surface area contributed by atoms with Gasteiger partial charge in [0.1, 0.15) is 11.5 Å². The van der Waals surface area contributed by atoms with Crippen LogP contribution in [0, 0.1) is 26.7 Å². The summed E-state index contributed by atoms with van der Waals surface area (Å²) in [5, 5.41) is 9.04. The Bertz CT molecular complexity index is 753. The molecule has 0 saturated carbocycles. The van der Waals surface area contributed by atoms with E-state index in [1.165, 1.54) is 11.6 Å². The minimum absolute atomic E-state index is 0.0225. The van der Waals surface area contributed by atoms with Crippen molar-refractivity contribution in [3.8, 4) is 5.75 Å². The average Bonchev–Trinajstić information content (AvgIpc) is 2.47. The number of benzene rings is 1. The van der Waals surface area contributed by atoms with Crippen LogP contribution in [0.25, 0.3) is 0 Å². The van der Waals surface area contributed by atoms with Crippen LogP contribution >= 0.6 is 0 Å². The van der Waals surface area contributed by atoms with E-state index in [2.05, 4.69) is 6.07 Å². The summed E-state index contributed by atoms with van der Waals surface area (Å²) in [6.45, 7) is 6.09. The third kappa shape index (κ3) is 2.25. The number of ether oxygens (including phenoxy) is 1. The second-order valence-electron chi connectivity index (χ2n) is 5.99. The van der Waals surface area contributed by atoms with Gasteiger partial charge in [-0.2, -0.15) is 0 Å². The zero-order chi connectivity index (χ0) is 16.0. The summed E-state index contributed by atoms with van der Waals surface area (Å²) < 4.78 is 6.03. The van der Waals surface area contributed by atoms with Gasteiger partial charge in [-0.25, -0.2) is 0 Å². The van der Waals surface area contributed by atoms with Gasteiger partial charge in [0.15, 0.2) is 5.78 Å². The lowest BCUT2D eigenvalue weighted by Crippen LogP contribution is -2.29. The molecule has 0 fully saturated rings. The molecular formula is C18H18O4. The Morgan fingerprint density at radius 2 is 2.00 bits per heavy atom.